The van der Waals surface area contributed by atoms with E-state index in [0.29, 0.717) is 6.04 Å². The van der Waals surface area contributed by atoms with Crippen molar-refractivity contribution in [2.75, 3.05) is 26.4 Å². The van der Waals surface area contributed by atoms with Crippen LogP contribution >= 0.6 is 35.7 Å². The molecule has 1 aromatic rings. The molecule has 0 atom stereocenters. The van der Waals surface area contributed by atoms with Gasteiger partial charge in [0.1, 0.15) is 5.82 Å². The molecule has 0 bridgehead atoms. The zero-order chi connectivity index (χ0) is 16.8. The molecule has 2 fully saturated rings. The van der Waals surface area contributed by atoms with Crippen molar-refractivity contribution >= 4 is 41.7 Å². The van der Waals surface area contributed by atoms with Crippen LogP contribution in [-0.4, -0.2) is 47.1 Å². The molecule has 0 saturated heterocycles. The van der Waals surface area contributed by atoms with Crippen LogP contribution < -0.4 is 10.6 Å². The molecule has 1 heterocycles. The summed E-state index contributed by atoms with van der Waals surface area (Å²) in [5, 5.41) is 16.7. The SMILES string of the molecule is CN=C(NCCCc1nnc(SC)n1C1CCCC1)NCC1CC1.I. The maximum absolute atomic E-state index is 4.45. The van der Waals surface area contributed by atoms with Gasteiger partial charge in [-0.05, 0) is 44.3 Å². The Bertz CT molecular complexity index is 551. The van der Waals surface area contributed by atoms with E-state index < -0.39 is 0 Å². The number of halogens is 1. The smallest absolute Gasteiger partial charge is 0.191 e. The van der Waals surface area contributed by atoms with E-state index in [1.807, 2.05) is 7.05 Å². The number of hydrogen-bond acceptors (Lipinski definition) is 4. The molecule has 2 N–H and O–H groups in total. The van der Waals surface area contributed by atoms with Crippen LogP contribution in [0.2, 0.25) is 0 Å². The summed E-state index contributed by atoms with van der Waals surface area (Å²) in [7, 11) is 1.84. The number of guanidine groups is 1. The fraction of sp³-hybridized carbons (Fsp3) is 0.824. The lowest BCUT2D eigenvalue weighted by Crippen LogP contribution is -2.38. The van der Waals surface area contributed by atoms with Crippen molar-refractivity contribution in [3.8, 4) is 0 Å². The number of thioether (sulfide) groups is 1. The van der Waals surface area contributed by atoms with E-state index in [9.17, 15) is 0 Å². The minimum atomic E-state index is 0. The van der Waals surface area contributed by atoms with E-state index in [-0.39, 0.29) is 24.0 Å². The second-order valence-electron chi connectivity index (χ2n) is 6.84. The molecule has 0 aliphatic heterocycles. The summed E-state index contributed by atoms with van der Waals surface area (Å²) in [5.74, 6) is 2.93. The van der Waals surface area contributed by atoms with Crippen LogP contribution in [0.25, 0.3) is 0 Å². The Morgan fingerprint density at radius 3 is 2.60 bits per heavy atom. The molecule has 2 aliphatic carbocycles. The Balaban J connectivity index is 0.00000225. The van der Waals surface area contributed by atoms with Gasteiger partial charge in [0, 0.05) is 32.6 Å². The maximum Gasteiger partial charge on any atom is 0.191 e. The van der Waals surface area contributed by atoms with Crippen molar-refractivity contribution < 1.29 is 0 Å². The first-order chi connectivity index (χ1) is 11.8. The van der Waals surface area contributed by atoms with Crippen LogP contribution in [-0.2, 0) is 6.42 Å². The zero-order valence-electron chi connectivity index (χ0n) is 15.3. The van der Waals surface area contributed by atoms with Gasteiger partial charge >= 0.3 is 0 Å². The van der Waals surface area contributed by atoms with Crippen molar-refractivity contribution in [2.45, 2.75) is 62.6 Å². The van der Waals surface area contributed by atoms with Gasteiger partial charge in [0.05, 0.1) is 0 Å². The van der Waals surface area contributed by atoms with Crippen LogP contribution in [0.3, 0.4) is 0 Å². The van der Waals surface area contributed by atoms with Gasteiger partial charge in [-0.15, -0.1) is 34.2 Å². The van der Waals surface area contributed by atoms with Gasteiger partial charge in [0.2, 0.25) is 0 Å². The highest BCUT2D eigenvalue weighted by molar-refractivity contribution is 14.0. The van der Waals surface area contributed by atoms with E-state index in [2.05, 4.69) is 36.6 Å². The summed E-state index contributed by atoms with van der Waals surface area (Å²) in [6.45, 7) is 1.96. The van der Waals surface area contributed by atoms with Gasteiger partial charge < -0.3 is 15.2 Å². The summed E-state index contributed by atoms with van der Waals surface area (Å²) in [6, 6.07) is 0.610. The lowest BCUT2D eigenvalue weighted by atomic mass is 10.2. The van der Waals surface area contributed by atoms with Crippen molar-refractivity contribution in [1.29, 1.82) is 0 Å². The van der Waals surface area contributed by atoms with Crippen LogP contribution in [0.1, 0.15) is 56.8 Å². The summed E-state index contributed by atoms with van der Waals surface area (Å²) in [5.41, 5.74) is 0. The fourth-order valence-electron chi connectivity index (χ4n) is 3.38. The van der Waals surface area contributed by atoms with Gasteiger partial charge in [-0.3, -0.25) is 4.99 Å². The number of nitrogens with zero attached hydrogens (tertiary/aromatic N) is 4. The number of nitrogens with one attached hydrogen (secondary N) is 2. The largest absolute Gasteiger partial charge is 0.356 e. The molecule has 0 spiro atoms. The average Bonchev–Trinajstić information content (AvgIpc) is 3.11. The summed E-state index contributed by atoms with van der Waals surface area (Å²) >= 11 is 1.71. The standard InChI is InChI=1S/C17H30N6S.HI/c1-18-16(20-12-13-9-10-13)19-11-5-8-15-21-22-17(24-2)23(15)14-6-3-4-7-14;/h13-14H,3-12H2,1-2H3,(H2,18,19,20);1H. The van der Waals surface area contributed by atoms with E-state index in [4.69, 9.17) is 0 Å². The molecule has 0 aromatic carbocycles. The van der Waals surface area contributed by atoms with E-state index in [1.54, 1.807) is 11.8 Å². The number of aryl methyl sites for hydroxylation is 1. The summed E-state index contributed by atoms with van der Waals surface area (Å²) in [4.78, 5) is 4.29. The fourth-order valence-corrected chi connectivity index (χ4v) is 3.96. The highest BCUT2D eigenvalue weighted by Crippen LogP contribution is 2.33. The first kappa shape index (κ1) is 20.8. The highest BCUT2D eigenvalue weighted by atomic mass is 127. The second-order valence-corrected chi connectivity index (χ2v) is 7.61. The maximum atomic E-state index is 4.45. The van der Waals surface area contributed by atoms with Gasteiger partial charge in [0.15, 0.2) is 11.1 Å². The molecule has 0 radical (unpaired) electrons. The zero-order valence-corrected chi connectivity index (χ0v) is 18.5. The first-order valence-corrected chi connectivity index (χ1v) is 10.5. The lowest BCUT2D eigenvalue weighted by molar-refractivity contribution is 0.460. The average molecular weight is 478 g/mol. The molecule has 8 heteroatoms. The van der Waals surface area contributed by atoms with Crippen LogP contribution in [0.15, 0.2) is 10.1 Å². The van der Waals surface area contributed by atoms with Crippen molar-refractivity contribution in [2.24, 2.45) is 10.9 Å². The predicted molar refractivity (Wildman–Crippen MR) is 115 cm³/mol. The molecule has 0 amide bonds. The van der Waals surface area contributed by atoms with Gasteiger partial charge in [-0.2, -0.15) is 0 Å². The van der Waals surface area contributed by atoms with Crippen molar-refractivity contribution in [1.82, 2.24) is 25.4 Å². The number of hydrogen-bond donors (Lipinski definition) is 2. The van der Waals surface area contributed by atoms with Gasteiger partial charge in [0.25, 0.3) is 0 Å². The van der Waals surface area contributed by atoms with Gasteiger partial charge in [-0.1, -0.05) is 24.6 Å². The van der Waals surface area contributed by atoms with E-state index >= 15 is 0 Å². The van der Waals surface area contributed by atoms with Crippen molar-refractivity contribution in [3.63, 3.8) is 0 Å². The summed E-state index contributed by atoms with van der Waals surface area (Å²) in [6.07, 6.45) is 12.0. The van der Waals surface area contributed by atoms with E-state index in [0.717, 1.165) is 48.8 Å². The van der Waals surface area contributed by atoms with Crippen molar-refractivity contribution in [3.05, 3.63) is 5.82 Å². The summed E-state index contributed by atoms with van der Waals surface area (Å²) < 4.78 is 2.40. The molecule has 25 heavy (non-hydrogen) atoms. The Morgan fingerprint density at radius 1 is 1.20 bits per heavy atom. The monoisotopic (exact) mass is 478 g/mol. The number of aliphatic imine (C=N–C) groups is 1. The molecule has 2 saturated carbocycles. The molecule has 6 nitrogen and oxygen atoms in total. The molecular formula is C17H31IN6S. The van der Waals surface area contributed by atoms with Gasteiger partial charge in [-0.25, -0.2) is 0 Å². The third-order valence-corrected chi connectivity index (χ3v) is 5.60. The Morgan fingerprint density at radius 2 is 1.96 bits per heavy atom. The van der Waals surface area contributed by atoms with E-state index in [1.165, 1.54) is 38.5 Å². The van der Waals surface area contributed by atoms with Crippen LogP contribution in [0.4, 0.5) is 0 Å². The Hall–Kier alpha value is -0.510. The molecule has 3 rings (SSSR count). The third-order valence-electron chi connectivity index (χ3n) is 4.96. The van der Waals surface area contributed by atoms with Crippen LogP contribution in [0, 0.1) is 5.92 Å². The second kappa shape index (κ2) is 10.6. The molecular weight excluding hydrogens is 447 g/mol. The molecule has 0 unspecified atom stereocenters. The quantitative estimate of drug-likeness (QED) is 0.198. The lowest BCUT2D eigenvalue weighted by Gasteiger charge is -2.16. The molecule has 2 aliphatic rings. The normalized spacial score (nSPS) is 18.2. The minimum Gasteiger partial charge on any atom is -0.356 e. The molecule has 142 valence electrons. The predicted octanol–water partition coefficient (Wildman–Crippen LogP) is 3.24. The minimum absolute atomic E-state index is 0. The molecule has 1 aromatic heterocycles. The number of rotatable bonds is 8. The highest BCUT2D eigenvalue weighted by Gasteiger charge is 2.23. The Labute approximate surface area is 172 Å². The number of aromatic nitrogens is 3. The Kier molecular flexibility index (Phi) is 8.81. The third kappa shape index (κ3) is 6.01. The topological polar surface area (TPSA) is 67.1 Å². The first-order valence-electron chi connectivity index (χ1n) is 9.24. The van der Waals surface area contributed by atoms with Crippen LogP contribution in [0.5, 0.6) is 0 Å².